The van der Waals surface area contributed by atoms with Crippen LogP contribution in [0.1, 0.15) is 56.1 Å². The van der Waals surface area contributed by atoms with Gasteiger partial charge in [-0.15, -0.1) is 0 Å². The van der Waals surface area contributed by atoms with Crippen molar-refractivity contribution in [2.45, 2.75) is 63.6 Å². The third-order valence-corrected chi connectivity index (χ3v) is 8.10. The molecule has 0 radical (unpaired) electrons. The second kappa shape index (κ2) is 11.7. The van der Waals surface area contributed by atoms with Crippen molar-refractivity contribution in [1.82, 2.24) is 14.8 Å². The first-order valence-electron chi connectivity index (χ1n) is 13.9. The molecule has 1 amide bonds. The number of aromatic nitrogens is 1. The zero-order valence-electron chi connectivity index (χ0n) is 22.3. The van der Waals surface area contributed by atoms with Gasteiger partial charge in [0.2, 0.25) is 5.91 Å². The molecule has 1 aromatic heterocycles. The number of aliphatic hydroxyl groups is 1. The second-order valence-electron chi connectivity index (χ2n) is 11.2. The van der Waals surface area contributed by atoms with Gasteiger partial charge >= 0.3 is 0 Å². The van der Waals surface area contributed by atoms with Crippen LogP contribution in [0.25, 0.3) is 11.1 Å². The van der Waals surface area contributed by atoms with Crippen LogP contribution >= 0.6 is 0 Å². The van der Waals surface area contributed by atoms with E-state index < -0.39 is 5.60 Å². The Labute approximate surface area is 225 Å². The van der Waals surface area contributed by atoms with Crippen molar-refractivity contribution in [2.24, 2.45) is 5.92 Å². The zero-order valence-corrected chi connectivity index (χ0v) is 22.3. The van der Waals surface area contributed by atoms with Crippen LogP contribution in [0.4, 0.5) is 0 Å². The molecule has 0 unspecified atom stereocenters. The van der Waals surface area contributed by atoms with Gasteiger partial charge in [-0.3, -0.25) is 9.59 Å². The molecule has 5 rings (SSSR count). The number of likely N-dealkylation sites (tertiary alicyclic amines) is 1. The van der Waals surface area contributed by atoms with Crippen molar-refractivity contribution < 1.29 is 9.90 Å². The molecule has 2 aliphatic rings. The first-order valence-corrected chi connectivity index (χ1v) is 13.9. The number of amides is 1. The molecule has 1 atom stereocenters. The van der Waals surface area contributed by atoms with Crippen molar-refractivity contribution in [3.05, 3.63) is 94.4 Å². The predicted molar refractivity (Wildman–Crippen MR) is 151 cm³/mol. The SMILES string of the molecule is C[C@H](CC(=O)N1CCC(O)(Cn2cc(CNCC3CC3)c(-c3ccccc3)cc2=O)CC1)c1ccccc1. The number of rotatable bonds is 10. The van der Waals surface area contributed by atoms with Gasteiger partial charge in [0.15, 0.2) is 0 Å². The quantitative estimate of drug-likeness (QED) is 0.417. The monoisotopic (exact) mass is 513 g/mol. The van der Waals surface area contributed by atoms with E-state index >= 15 is 0 Å². The van der Waals surface area contributed by atoms with Crippen molar-refractivity contribution in [3.8, 4) is 11.1 Å². The van der Waals surface area contributed by atoms with Crippen LogP contribution in [0, 0.1) is 5.92 Å². The van der Waals surface area contributed by atoms with E-state index in [2.05, 4.69) is 24.4 Å². The van der Waals surface area contributed by atoms with E-state index in [4.69, 9.17) is 0 Å². The lowest BCUT2D eigenvalue weighted by molar-refractivity contribution is -0.136. The summed E-state index contributed by atoms with van der Waals surface area (Å²) in [6.45, 7) is 4.99. The van der Waals surface area contributed by atoms with Gasteiger partial charge in [0.1, 0.15) is 0 Å². The lowest BCUT2D eigenvalue weighted by Gasteiger charge is -2.39. The minimum atomic E-state index is -1.02. The van der Waals surface area contributed by atoms with E-state index in [-0.39, 0.29) is 23.9 Å². The lowest BCUT2D eigenvalue weighted by atomic mass is 9.90. The van der Waals surface area contributed by atoms with Gasteiger partial charge in [-0.25, -0.2) is 0 Å². The molecule has 1 aliphatic heterocycles. The van der Waals surface area contributed by atoms with Gasteiger partial charge in [0.05, 0.1) is 12.1 Å². The van der Waals surface area contributed by atoms with E-state index in [1.807, 2.05) is 59.6 Å². The van der Waals surface area contributed by atoms with Crippen LogP contribution in [0.3, 0.4) is 0 Å². The molecule has 3 aromatic rings. The third-order valence-electron chi connectivity index (χ3n) is 8.10. The number of benzene rings is 2. The Bertz CT molecular complexity index is 1280. The Kier molecular flexibility index (Phi) is 8.10. The minimum Gasteiger partial charge on any atom is -0.388 e. The first kappa shape index (κ1) is 26.4. The normalized spacial score (nSPS) is 17.8. The highest BCUT2D eigenvalue weighted by Crippen LogP contribution is 2.29. The fraction of sp³-hybridized carbons (Fsp3) is 0.438. The summed E-state index contributed by atoms with van der Waals surface area (Å²) in [5.41, 5.74) is 3.06. The van der Waals surface area contributed by atoms with Gasteiger partial charge in [0, 0.05) is 38.3 Å². The Morgan fingerprint density at radius 2 is 1.71 bits per heavy atom. The highest BCUT2D eigenvalue weighted by molar-refractivity contribution is 5.77. The summed E-state index contributed by atoms with van der Waals surface area (Å²) < 4.78 is 1.66. The molecule has 200 valence electrons. The Balaban J connectivity index is 1.25. The summed E-state index contributed by atoms with van der Waals surface area (Å²) in [7, 11) is 0. The van der Waals surface area contributed by atoms with Crippen LogP contribution in [0.2, 0.25) is 0 Å². The Morgan fingerprint density at radius 3 is 2.37 bits per heavy atom. The average Bonchev–Trinajstić information content (AvgIpc) is 3.76. The number of carbonyl (C=O) groups excluding carboxylic acids is 1. The molecule has 2 N–H and O–H groups in total. The Hall–Kier alpha value is -3.22. The van der Waals surface area contributed by atoms with Crippen molar-refractivity contribution in [2.75, 3.05) is 19.6 Å². The van der Waals surface area contributed by atoms with E-state index in [1.54, 1.807) is 10.6 Å². The van der Waals surface area contributed by atoms with Gasteiger partial charge in [-0.05, 0) is 66.3 Å². The fourth-order valence-corrected chi connectivity index (χ4v) is 5.44. The Morgan fingerprint density at radius 1 is 1.05 bits per heavy atom. The fourth-order valence-electron chi connectivity index (χ4n) is 5.44. The number of hydrogen-bond donors (Lipinski definition) is 2. The molecule has 0 bridgehead atoms. The molecule has 6 heteroatoms. The van der Waals surface area contributed by atoms with Crippen LogP contribution in [-0.2, 0) is 17.9 Å². The maximum absolute atomic E-state index is 13.2. The van der Waals surface area contributed by atoms with Crippen molar-refractivity contribution >= 4 is 5.91 Å². The van der Waals surface area contributed by atoms with E-state index in [9.17, 15) is 14.7 Å². The van der Waals surface area contributed by atoms with Crippen LogP contribution < -0.4 is 10.9 Å². The molecule has 1 saturated carbocycles. The lowest BCUT2D eigenvalue weighted by Crippen LogP contribution is -2.49. The molecule has 2 heterocycles. The summed E-state index contributed by atoms with van der Waals surface area (Å²) in [5, 5.41) is 15.0. The third kappa shape index (κ3) is 6.61. The second-order valence-corrected chi connectivity index (χ2v) is 11.2. The highest BCUT2D eigenvalue weighted by Gasteiger charge is 2.35. The highest BCUT2D eigenvalue weighted by atomic mass is 16.3. The largest absolute Gasteiger partial charge is 0.388 e. The standard InChI is InChI=1S/C32H39N3O3/c1-24(26-8-4-2-5-9-26)18-30(36)34-16-14-32(38,15-17-34)23-35-22-28(21-33-20-25-12-13-25)29(19-31(35)37)27-10-6-3-7-11-27/h2-11,19,22,24-25,33,38H,12-18,20-21,23H2,1H3/t24-/m1/s1. The van der Waals surface area contributed by atoms with E-state index in [0.717, 1.165) is 34.7 Å². The van der Waals surface area contributed by atoms with Gasteiger partial charge in [-0.1, -0.05) is 67.6 Å². The number of hydrogen-bond acceptors (Lipinski definition) is 4. The molecule has 1 saturated heterocycles. The topological polar surface area (TPSA) is 74.6 Å². The van der Waals surface area contributed by atoms with Gasteiger partial charge in [0.25, 0.3) is 5.56 Å². The molecule has 2 fully saturated rings. The minimum absolute atomic E-state index is 0.113. The molecular weight excluding hydrogens is 474 g/mol. The predicted octanol–water partition coefficient (Wildman–Crippen LogP) is 4.56. The van der Waals surface area contributed by atoms with Crippen LogP contribution in [0.15, 0.2) is 77.7 Å². The average molecular weight is 514 g/mol. The summed E-state index contributed by atoms with van der Waals surface area (Å²) in [4.78, 5) is 28.0. The summed E-state index contributed by atoms with van der Waals surface area (Å²) in [5.74, 6) is 1.04. The van der Waals surface area contributed by atoms with Gasteiger partial charge in [-0.2, -0.15) is 0 Å². The molecule has 6 nitrogen and oxygen atoms in total. The number of piperidine rings is 1. The first-order chi connectivity index (χ1) is 18.4. The van der Waals surface area contributed by atoms with Crippen molar-refractivity contribution in [3.63, 3.8) is 0 Å². The molecule has 1 aliphatic carbocycles. The number of nitrogens with one attached hydrogen (secondary N) is 1. The smallest absolute Gasteiger partial charge is 0.251 e. The van der Waals surface area contributed by atoms with Crippen molar-refractivity contribution in [1.29, 1.82) is 0 Å². The summed E-state index contributed by atoms with van der Waals surface area (Å²) in [6, 6.07) is 21.8. The zero-order chi connectivity index (χ0) is 26.5. The number of carbonyl (C=O) groups is 1. The van der Waals surface area contributed by atoms with E-state index in [1.165, 1.54) is 12.8 Å². The maximum atomic E-state index is 13.2. The summed E-state index contributed by atoms with van der Waals surface area (Å²) in [6.07, 6.45) is 5.87. The molecular formula is C32H39N3O3. The molecule has 0 spiro atoms. The van der Waals surface area contributed by atoms with E-state index in [0.29, 0.717) is 38.9 Å². The van der Waals surface area contributed by atoms with Gasteiger partial charge < -0.3 is 19.9 Å². The number of pyridine rings is 1. The number of nitrogens with zero attached hydrogens (tertiary/aromatic N) is 2. The molecule has 2 aromatic carbocycles. The maximum Gasteiger partial charge on any atom is 0.251 e. The van der Waals surface area contributed by atoms with Crippen LogP contribution in [0.5, 0.6) is 0 Å². The molecule has 38 heavy (non-hydrogen) atoms. The van der Waals surface area contributed by atoms with Crippen LogP contribution in [-0.4, -0.2) is 45.7 Å². The summed E-state index contributed by atoms with van der Waals surface area (Å²) >= 11 is 0.